The fourth-order valence-electron chi connectivity index (χ4n) is 2.25. The van der Waals surface area contributed by atoms with Crippen LogP contribution in [0, 0.1) is 6.92 Å². The molecule has 0 unspecified atom stereocenters. The van der Waals surface area contributed by atoms with E-state index in [9.17, 15) is 5.11 Å². The number of aryl methyl sites for hydroxylation is 1. The number of aromatic hydroxyl groups is 2. The number of hydrogen-bond donors (Lipinski definition) is 3. The van der Waals surface area contributed by atoms with Crippen LogP contribution in [0.5, 0.6) is 11.5 Å². The largest absolute Gasteiger partial charge is 0.506 e. The summed E-state index contributed by atoms with van der Waals surface area (Å²) in [4.78, 5) is 7.90. The van der Waals surface area contributed by atoms with E-state index in [1.165, 1.54) is 12.4 Å². The third-order valence-corrected chi connectivity index (χ3v) is 3.64. The SMILES string of the molecule is Cc1ccc(O)cn1.Oc1ccc(CC2(O)CCOCC2)nc1. The molecule has 0 amide bonds. The van der Waals surface area contributed by atoms with Crippen LogP contribution in [0.1, 0.15) is 24.2 Å². The van der Waals surface area contributed by atoms with Crippen molar-refractivity contribution in [1.29, 1.82) is 0 Å². The minimum Gasteiger partial charge on any atom is -0.506 e. The molecule has 3 N–H and O–H groups in total. The molecule has 2 aromatic rings. The summed E-state index contributed by atoms with van der Waals surface area (Å²) in [5, 5.41) is 28.0. The number of pyridine rings is 2. The molecule has 0 radical (unpaired) electrons. The second-order valence-corrected chi connectivity index (χ2v) is 5.68. The van der Waals surface area contributed by atoms with Crippen molar-refractivity contribution in [2.45, 2.75) is 31.8 Å². The van der Waals surface area contributed by atoms with Gasteiger partial charge in [-0.2, -0.15) is 0 Å². The molecule has 3 rings (SSSR count). The maximum absolute atomic E-state index is 10.2. The van der Waals surface area contributed by atoms with Gasteiger partial charge in [-0.15, -0.1) is 0 Å². The van der Waals surface area contributed by atoms with Crippen LogP contribution in [0.3, 0.4) is 0 Å². The van der Waals surface area contributed by atoms with E-state index in [-0.39, 0.29) is 11.5 Å². The van der Waals surface area contributed by atoms with Crippen LogP contribution in [0.15, 0.2) is 36.7 Å². The standard InChI is InChI=1S/C11H15NO3.C6H7NO/c13-10-2-1-9(12-8-10)7-11(14)3-5-15-6-4-11;1-5-2-3-6(8)4-7-5/h1-2,8,13-14H,3-7H2;2-4,8H,1H3. The Morgan fingerprint density at radius 3 is 2.09 bits per heavy atom. The Morgan fingerprint density at radius 2 is 1.61 bits per heavy atom. The fraction of sp³-hybridized carbons (Fsp3) is 0.412. The van der Waals surface area contributed by atoms with Gasteiger partial charge in [-0.3, -0.25) is 9.97 Å². The highest BCUT2D eigenvalue weighted by Gasteiger charge is 2.30. The molecule has 124 valence electrons. The molecular formula is C17H22N2O4. The number of hydrogen-bond acceptors (Lipinski definition) is 6. The predicted octanol–water partition coefficient (Wildman–Crippen LogP) is 1.97. The molecule has 1 aliphatic rings. The van der Waals surface area contributed by atoms with Crippen LogP contribution >= 0.6 is 0 Å². The molecule has 0 spiro atoms. The van der Waals surface area contributed by atoms with Crippen molar-refractivity contribution in [3.63, 3.8) is 0 Å². The average Bonchev–Trinajstić information content (AvgIpc) is 2.54. The highest BCUT2D eigenvalue weighted by atomic mass is 16.5. The first-order valence-corrected chi connectivity index (χ1v) is 7.52. The number of rotatable bonds is 2. The molecule has 0 bridgehead atoms. The van der Waals surface area contributed by atoms with E-state index in [0.29, 0.717) is 32.5 Å². The van der Waals surface area contributed by atoms with Crippen LogP contribution in [-0.2, 0) is 11.2 Å². The van der Waals surface area contributed by atoms with E-state index < -0.39 is 5.60 Å². The summed E-state index contributed by atoms with van der Waals surface area (Å²) in [7, 11) is 0. The van der Waals surface area contributed by atoms with Crippen molar-refractivity contribution in [3.05, 3.63) is 48.0 Å². The zero-order valence-corrected chi connectivity index (χ0v) is 13.1. The van der Waals surface area contributed by atoms with Crippen LogP contribution < -0.4 is 0 Å². The molecule has 6 nitrogen and oxygen atoms in total. The van der Waals surface area contributed by atoms with Crippen LogP contribution in [0.2, 0.25) is 0 Å². The lowest BCUT2D eigenvalue weighted by molar-refractivity contribution is -0.0630. The Bertz CT molecular complexity index is 572. The van der Waals surface area contributed by atoms with Crippen LogP contribution in [-0.4, -0.2) is 44.1 Å². The summed E-state index contributed by atoms with van der Waals surface area (Å²) in [5.74, 6) is 0.369. The summed E-state index contributed by atoms with van der Waals surface area (Å²) < 4.78 is 5.20. The van der Waals surface area contributed by atoms with Gasteiger partial charge in [0.05, 0.1) is 18.0 Å². The topological polar surface area (TPSA) is 95.7 Å². The van der Waals surface area contributed by atoms with Crippen molar-refractivity contribution >= 4 is 0 Å². The zero-order valence-electron chi connectivity index (χ0n) is 13.1. The maximum Gasteiger partial charge on any atom is 0.133 e. The van der Waals surface area contributed by atoms with Gasteiger partial charge in [0.15, 0.2) is 0 Å². The van der Waals surface area contributed by atoms with Gasteiger partial charge < -0.3 is 20.1 Å². The molecule has 0 aliphatic carbocycles. The fourth-order valence-corrected chi connectivity index (χ4v) is 2.25. The quantitative estimate of drug-likeness (QED) is 0.783. The minimum absolute atomic E-state index is 0.151. The summed E-state index contributed by atoms with van der Waals surface area (Å²) in [5.41, 5.74) is 1.03. The van der Waals surface area contributed by atoms with Gasteiger partial charge in [0.1, 0.15) is 11.5 Å². The smallest absolute Gasteiger partial charge is 0.133 e. The van der Waals surface area contributed by atoms with Gasteiger partial charge in [0.25, 0.3) is 0 Å². The predicted molar refractivity (Wildman–Crippen MR) is 85.2 cm³/mol. The van der Waals surface area contributed by atoms with Crippen molar-refractivity contribution in [3.8, 4) is 11.5 Å². The van der Waals surface area contributed by atoms with E-state index >= 15 is 0 Å². The van der Waals surface area contributed by atoms with Gasteiger partial charge in [-0.1, -0.05) is 0 Å². The number of nitrogens with zero attached hydrogens (tertiary/aromatic N) is 2. The highest BCUT2D eigenvalue weighted by Crippen LogP contribution is 2.24. The average molecular weight is 318 g/mol. The number of aromatic nitrogens is 2. The zero-order chi connectivity index (χ0) is 16.7. The molecule has 0 atom stereocenters. The first-order chi connectivity index (χ1) is 11.0. The lowest BCUT2D eigenvalue weighted by Crippen LogP contribution is -2.38. The first-order valence-electron chi connectivity index (χ1n) is 7.52. The lowest BCUT2D eigenvalue weighted by atomic mass is 9.89. The molecule has 3 heterocycles. The third-order valence-electron chi connectivity index (χ3n) is 3.64. The van der Waals surface area contributed by atoms with E-state index in [1.54, 1.807) is 24.3 Å². The number of ether oxygens (including phenoxy) is 1. The van der Waals surface area contributed by atoms with E-state index in [2.05, 4.69) is 9.97 Å². The number of aliphatic hydroxyl groups is 1. The van der Waals surface area contributed by atoms with Gasteiger partial charge >= 0.3 is 0 Å². The molecule has 1 saturated heterocycles. The second kappa shape index (κ2) is 7.89. The Labute approximate surface area is 135 Å². The summed E-state index contributed by atoms with van der Waals surface area (Å²) in [6, 6.07) is 6.70. The summed E-state index contributed by atoms with van der Waals surface area (Å²) in [6.45, 7) is 3.09. The van der Waals surface area contributed by atoms with E-state index in [4.69, 9.17) is 14.9 Å². The molecule has 0 saturated carbocycles. The van der Waals surface area contributed by atoms with Crippen LogP contribution in [0.4, 0.5) is 0 Å². The van der Waals surface area contributed by atoms with Crippen LogP contribution in [0.25, 0.3) is 0 Å². The Morgan fingerprint density at radius 1 is 1.00 bits per heavy atom. The summed E-state index contributed by atoms with van der Waals surface area (Å²) >= 11 is 0. The third kappa shape index (κ3) is 5.84. The highest BCUT2D eigenvalue weighted by molar-refractivity contribution is 5.19. The molecule has 1 aliphatic heterocycles. The molecule has 23 heavy (non-hydrogen) atoms. The van der Waals surface area contributed by atoms with Crippen molar-refractivity contribution in [2.24, 2.45) is 0 Å². The Hall–Kier alpha value is -2.18. The van der Waals surface area contributed by atoms with Gasteiger partial charge in [0, 0.05) is 31.0 Å². The minimum atomic E-state index is -0.692. The Balaban J connectivity index is 0.000000203. The Kier molecular flexibility index (Phi) is 5.90. The van der Waals surface area contributed by atoms with Crippen molar-refractivity contribution in [2.75, 3.05) is 13.2 Å². The van der Waals surface area contributed by atoms with Gasteiger partial charge in [0.2, 0.25) is 0 Å². The van der Waals surface area contributed by atoms with Gasteiger partial charge in [-0.05, 0) is 44.0 Å². The summed E-state index contributed by atoms with van der Waals surface area (Å²) in [6.07, 6.45) is 4.65. The maximum atomic E-state index is 10.2. The van der Waals surface area contributed by atoms with E-state index in [0.717, 1.165) is 11.4 Å². The monoisotopic (exact) mass is 318 g/mol. The lowest BCUT2D eigenvalue weighted by Gasteiger charge is -2.31. The first kappa shape index (κ1) is 17.2. The second-order valence-electron chi connectivity index (χ2n) is 5.68. The molecule has 0 aromatic carbocycles. The molecule has 1 fully saturated rings. The van der Waals surface area contributed by atoms with E-state index in [1.807, 2.05) is 6.92 Å². The molecule has 2 aromatic heterocycles. The van der Waals surface area contributed by atoms with Gasteiger partial charge in [-0.25, -0.2) is 0 Å². The van der Waals surface area contributed by atoms with Crippen molar-refractivity contribution < 1.29 is 20.1 Å². The molecular weight excluding hydrogens is 296 g/mol. The molecule has 6 heteroatoms. The van der Waals surface area contributed by atoms with Crippen molar-refractivity contribution in [1.82, 2.24) is 9.97 Å². The normalized spacial score (nSPS) is 16.3.